The summed E-state index contributed by atoms with van der Waals surface area (Å²) in [6, 6.07) is 0. The number of carbonyl (C=O) groups is 1. The molecule has 100 valence electrons. The number of esters is 1. The SMILES string of the molecule is CCCOC(=O)CCN1CCC(CCC)CC1. The van der Waals surface area contributed by atoms with Gasteiger partial charge in [0.2, 0.25) is 0 Å². The summed E-state index contributed by atoms with van der Waals surface area (Å²) in [5, 5.41) is 0. The highest BCUT2D eigenvalue weighted by Gasteiger charge is 2.18. The minimum Gasteiger partial charge on any atom is -0.466 e. The van der Waals surface area contributed by atoms with Gasteiger partial charge in [0.15, 0.2) is 0 Å². The number of hydrogen-bond acceptors (Lipinski definition) is 3. The van der Waals surface area contributed by atoms with Gasteiger partial charge < -0.3 is 9.64 Å². The highest BCUT2D eigenvalue weighted by Crippen LogP contribution is 2.21. The fraction of sp³-hybridized carbons (Fsp3) is 0.929. The van der Waals surface area contributed by atoms with Crippen molar-refractivity contribution in [3.8, 4) is 0 Å². The van der Waals surface area contributed by atoms with Crippen LogP contribution in [0.2, 0.25) is 0 Å². The van der Waals surface area contributed by atoms with Crippen LogP contribution >= 0.6 is 0 Å². The summed E-state index contributed by atoms with van der Waals surface area (Å²) in [5.74, 6) is 0.880. The van der Waals surface area contributed by atoms with E-state index in [1.165, 1.54) is 25.7 Å². The van der Waals surface area contributed by atoms with Crippen molar-refractivity contribution >= 4 is 5.97 Å². The molecule has 0 saturated carbocycles. The van der Waals surface area contributed by atoms with Crippen molar-refractivity contribution in [3.05, 3.63) is 0 Å². The summed E-state index contributed by atoms with van der Waals surface area (Å²) in [5.41, 5.74) is 0. The first kappa shape index (κ1) is 14.5. The zero-order valence-electron chi connectivity index (χ0n) is 11.4. The summed E-state index contributed by atoms with van der Waals surface area (Å²) in [6.45, 7) is 8.04. The summed E-state index contributed by atoms with van der Waals surface area (Å²) in [6.07, 6.45) is 6.74. The third-order valence-corrected chi connectivity index (χ3v) is 3.50. The second kappa shape index (κ2) is 8.51. The highest BCUT2D eigenvalue weighted by molar-refractivity contribution is 5.69. The smallest absolute Gasteiger partial charge is 0.307 e. The molecule has 1 aliphatic rings. The molecule has 0 aromatic rings. The fourth-order valence-electron chi connectivity index (χ4n) is 2.44. The number of nitrogens with zero attached hydrogens (tertiary/aromatic N) is 1. The first-order valence-electron chi connectivity index (χ1n) is 7.14. The van der Waals surface area contributed by atoms with Crippen molar-refractivity contribution in [1.29, 1.82) is 0 Å². The Kier molecular flexibility index (Phi) is 7.25. The molecule has 0 amide bonds. The van der Waals surface area contributed by atoms with Gasteiger partial charge in [-0.25, -0.2) is 0 Å². The third kappa shape index (κ3) is 6.06. The normalized spacial score (nSPS) is 18.2. The highest BCUT2D eigenvalue weighted by atomic mass is 16.5. The monoisotopic (exact) mass is 241 g/mol. The largest absolute Gasteiger partial charge is 0.466 e. The Labute approximate surface area is 106 Å². The quantitative estimate of drug-likeness (QED) is 0.642. The maximum Gasteiger partial charge on any atom is 0.307 e. The van der Waals surface area contributed by atoms with E-state index in [0.29, 0.717) is 13.0 Å². The van der Waals surface area contributed by atoms with Crippen LogP contribution in [0.15, 0.2) is 0 Å². The van der Waals surface area contributed by atoms with Crippen LogP contribution in [-0.2, 0) is 9.53 Å². The molecule has 0 aromatic heterocycles. The molecule has 1 fully saturated rings. The topological polar surface area (TPSA) is 29.5 Å². The number of rotatable bonds is 7. The molecule has 0 unspecified atom stereocenters. The molecule has 3 heteroatoms. The van der Waals surface area contributed by atoms with Gasteiger partial charge in [-0.05, 0) is 38.3 Å². The average molecular weight is 241 g/mol. The lowest BCUT2D eigenvalue weighted by atomic mass is 9.92. The molecule has 1 heterocycles. The summed E-state index contributed by atoms with van der Waals surface area (Å²) in [4.78, 5) is 13.8. The molecule has 0 radical (unpaired) electrons. The van der Waals surface area contributed by atoms with Gasteiger partial charge in [-0.3, -0.25) is 4.79 Å². The lowest BCUT2D eigenvalue weighted by molar-refractivity contribution is -0.144. The van der Waals surface area contributed by atoms with E-state index < -0.39 is 0 Å². The van der Waals surface area contributed by atoms with E-state index in [-0.39, 0.29) is 5.97 Å². The molecule has 0 spiro atoms. The number of piperidine rings is 1. The van der Waals surface area contributed by atoms with Gasteiger partial charge in [-0.1, -0.05) is 26.7 Å². The maximum absolute atomic E-state index is 11.4. The molecule has 1 aliphatic heterocycles. The van der Waals surface area contributed by atoms with Crippen molar-refractivity contribution in [2.24, 2.45) is 5.92 Å². The number of hydrogen-bond donors (Lipinski definition) is 0. The minimum atomic E-state index is -0.0393. The van der Waals surface area contributed by atoms with Gasteiger partial charge in [0.05, 0.1) is 13.0 Å². The zero-order valence-corrected chi connectivity index (χ0v) is 11.4. The van der Waals surface area contributed by atoms with Crippen LogP contribution in [0, 0.1) is 5.92 Å². The van der Waals surface area contributed by atoms with Crippen LogP contribution in [0.1, 0.15) is 52.4 Å². The Morgan fingerprint density at radius 3 is 2.53 bits per heavy atom. The van der Waals surface area contributed by atoms with E-state index in [1.807, 2.05) is 6.92 Å². The second-order valence-corrected chi connectivity index (χ2v) is 5.04. The Morgan fingerprint density at radius 1 is 1.24 bits per heavy atom. The summed E-state index contributed by atoms with van der Waals surface area (Å²) < 4.78 is 5.08. The lowest BCUT2D eigenvalue weighted by Crippen LogP contribution is -2.35. The molecule has 1 saturated heterocycles. The molecule has 0 atom stereocenters. The van der Waals surface area contributed by atoms with Gasteiger partial charge in [0, 0.05) is 6.54 Å². The van der Waals surface area contributed by atoms with Crippen molar-refractivity contribution in [2.45, 2.75) is 52.4 Å². The van der Waals surface area contributed by atoms with Crippen LogP contribution < -0.4 is 0 Å². The van der Waals surface area contributed by atoms with Crippen LogP contribution in [0.5, 0.6) is 0 Å². The number of carbonyl (C=O) groups excluding carboxylic acids is 1. The Hall–Kier alpha value is -0.570. The second-order valence-electron chi connectivity index (χ2n) is 5.04. The molecule has 3 nitrogen and oxygen atoms in total. The first-order chi connectivity index (χ1) is 8.26. The first-order valence-corrected chi connectivity index (χ1v) is 7.14. The van der Waals surface area contributed by atoms with E-state index in [0.717, 1.165) is 32.0 Å². The zero-order chi connectivity index (χ0) is 12.5. The molecule has 17 heavy (non-hydrogen) atoms. The summed E-state index contributed by atoms with van der Waals surface area (Å²) in [7, 11) is 0. The van der Waals surface area contributed by atoms with Gasteiger partial charge in [0.25, 0.3) is 0 Å². The van der Waals surface area contributed by atoms with Crippen molar-refractivity contribution in [2.75, 3.05) is 26.2 Å². The van der Waals surface area contributed by atoms with Gasteiger partial charge >= 0.3 is 5.97 Å². The number of likely N-dealkylation sites (tertiary alicyclic amines) is 1. The van der Waals surface area contributed by atoms with Gasteiger partial charge in [-0.2, -0.15) is 0 Å². The standard InChI is InChI=1S/C14H27NO2/c1-3-5-13-6-9-15(10-7-13)11-8-14(16)17-12-4-2/h13H,3-12H2,1-2H3. The third-order valence-electron chi connectivity index (χ3n) is 3.50. The fourth-order valence-corrected chi connectivity index (χ4v) is 2.44. The van der Waals surface area contributed by atoms with Crippen molar-refractivity contribution < 1.29 is 9.53 Å². The van der Waals surface area contributed by atoms with Crippen LogP contribution in [0.3, 0.4) is 0 Å². The van der Waals surface area contributed by atoms with Crippen LogP contribution in [0.4, 0.5) is 0 Å². The summed E-state index contributed by atoms with van der Waals surface area (Å²) >= 11 is 0. The van der Waals surface area contributed by atoms with E-state index in [1.54, 1.807) is 0 Å². The van der Waals surface area contributed by atoms with Crippen LogP contribution in [0.25, 0.3) is 0 Å². The molecule has 0 aliphatic carbocycles. The number of ether oxygens (including phenoxy) is 1. The van der Waals surface area contributed by atoms with Crippen molar-refractivity contribution in [1.82, 2.24) is 4.90 Å². The maximum atomic E-state index is 11.4. The van der Waals surface area contributed by atoms with Crippen LogP contribution in [-0.4, -0.2) is 37.1 Å². The van der Waals surface area contributed by atoms with E-state index in [2.05, 4.69) is 11.8 Å². The lowest BCUT2D eigenvalue weighted by Gasteiger charge is -2.31. The Balaban J connectivity index is 2.07. The predicted molar refractivity (Wildman–Crippen MR) is 69.9 cm³/mol. The minimum absolute atomic E-state index is 0.0393. The van der Waals surface area contributed by atoms with Crippen molar-refractivity contribution in [3.63, 3.8) is 0 Å². The molecular formula is C14H27NO2. The average Bonchev–Trinajstić information content (AvgIpc) is 2.36. The van der Waals surface area contributed by atoms with E-state index >= 15 is 0 Å². The molecule has 0 aromatic carbocycles. The van der Waals surface area contributed by atoms with E-state index in [4.69, 9.17) is 4.74 Å². The molecule has 0 N–H and O–H groups in total. The molecule has 0 bridgehead atoms. The Bertz CT molecular complexity index is 210. The molecule has 1 rings (SSSR count). The van der Waals surface area contributed by atoms with Gasteiger partial charge in [0.1, 0.15) is 0 Å². The Morgan fingerprint density at radius 2 is 1.94 bits per heavy atom. The molecular weight excluding hydrogens is 214 g/mol. The predicted octanol–water partition coefficient (Wildman–Crippen LogP) is 2.84. The van der Waals surface area contributed by atoms with Gasteiger partial charge in [-0.15, -0.1) is 0 Å². The van der Waals surface area contributed by atoms with E-state index in [9.17, 15) is 4.79 Å².